The second-order valence-corrected chi connectivity index (χ2v) is 11.6. The van der Waals surface area contributed by atoms with E-state index < -0.39 is 28.5 Å². The number of hydrogen-bond acceptors (Lipinski definition) is 4. The Kier molecular flexibility index (Phi) is 9.94. The molecule has 38 heavy (non-hydrogen) atoms. The highest BCUT2D eigenvalue weighted by atomic mass is 35.5. The van der Waals surface area contributed by atoms with Gasteiger partial charge >= 0.3 is 0 Å². The van der Waals surface area contributed by atoms with Gasteiger partial charge in [0.1, 0.15) is 12.6 Å². The maximum absolute atomic E-state index is 13.9. The van der Waals surface area contributed by atoms with Gasteiger partial charge in [0.25, 0.3) is 10.0 Å². The van der Waals surface area contributed by atoms with Crippen molar-refractivity contribution in [3.8, 4) is 0 Å². The molecule has 0 saturated heterocycles. The van der Waals surface area contributed by atoms with E-state index in [0.717, 1.165) is 16.3 Å². The summed E-state index contributed by atoms with van der Waals surface area (Å²) in [6.07, 6.45) is 0.736. The fourth-order valence-electron chi connectivity index (χ4n) is 3.91. The molecule has 0 bridgehead atoms. The van der Waals surface area contributed by atoms with Gasteiger partial charge in [-0.15, -0.1) is 0 Å². The van der Waals surface area contributed by atoms with Crippen molar-refractivity contribution < 1.29 is 18.0 Å². The maximum atomic E-state index is 13.9. The fourth-order valence-corrected chi connectivity index (χ4v) is 5.54. The van der Waals surface area contributed by atoms with Gasteiger partial charge in [0.2, 0.25) is 11.8 Å². The van der Waals surface area contributed by atoms with E-state index in [2.05, 4.69) is 5.32 Å². The van der Waals surface area contributed by atoms with Crippen LogP contribution in [0.15, 0.2) is 83.8 Å². The standard InChI is InChI=1S/C29H34ClN3O4S/c1-5-22(3)31-29(35)23(4)32(19-24-15-17-25(30)18-16-24)28(34)20-33(27-14-10-9-11-21(27)2)38(36,37)26-12-7-6-8-13-26/h6-18,22-23H,5,19-20H2,1-4H3,(H,31,35)/t22-,23-/m1/s1. The van der Waals surface area contributed by atoms with Crippen LogP contribution in [-0.4, -0.2) is 43.8 Å². The lowest BCUT2D eigenvalue weighted by atomic mass is 10.1. The van der Waals surface area contributed by atoms with Gasteiger partial charge in [-0.2, -0.15) is 0 Å². The number of para-hydroxylation sites is 1. The number of carbonyl (C=O) groups excluding carboxylic acids is 2. The van der Waals surface area contributed by atoms with Crippen LogP contribution < -0.4 is 9.62 Å². The summed E-state index contributed by atoms with van der Waals surface area (Å²) in [6.45, 7) is 6.92. The van der Waals surface area contributed by atoms with E-state index in [1.807, 2.05) is 19.9 Å². The summed E-state index contributed by atoms with van der Waals surface area (Å²) in [5, 5.41) is 3.47. The molecule has 0 spiro atoms. The SMILES string of the molecule is CC[C@@H](C)NC(=O)[C@@H](C)N(Cc1ccc(Cl)cc1)C(=O)CN(c1ccccc1C)S(=O)(=O)c1ccccc1. The second kappa shape index (κ2) is 12.9. The molecule has 3 aromatic carbocycles. The topological polar surface area (TPSA) is 86.8 Å². The van der Waals surface area contributed by atoms with Crippen LogP contribution in [0.2, 0.25) is 5.02 Å². The highest BCUT2D eigenvalue weighted by Gasteiger charge is 2.33. The minimum atomic E-state index is -4.08. The molecule has 0 radical (unpaired) electrons. The number of aryl methyl sites for hydroxylation is 1. The first-order valence-electron chi connectivity index (χ1n) is 12.5. The number of benzene rings is 3. The highest BCUT2D eigenvalue weighted by molar-refractivity contribution is 7.92. The molecule has 0 fully saturated rings. The Labute approximate surface area is 230 Å². The fraction of sp³-hybridized carbons (Fsp3) is 0.310. The van der Waals surface area contributed by atoms with Gasteiger partial charge < -0.3 is 10.2 Å². The molecule has 0 aliphatic heterocycles. The summed E-state index contributed by atoms with van der Waals surface area (Å²) in [5.74, 6) is -0.815. The van der Waals surface area contributed by atoms with E-state index in [1.54, 1.807) is 74.5 Å². The van der Waals surface area contributed by atoms with E-state index in [0.29, 0.717) is 16.3 Å². The molecule has 202 valence electrons. The first-order chi connectivity index (χ1) is 18.0. The molecule has 3 rings (SSSR count). The van der Waals surface area contributed by atoms with Crippen molar-refractivity contribution in [2.45, 2.75) is 57.6 Å². The van der Waals surface area contributed by atoms with Crippen molar-refractivity contribution in [3.05, 3.63) is 95.0 Å². The van der Waals surface area contributed by atoms with Gasteiger partial charge in [-0.1, -0.05) is 67.1 Å². The third-order valence-corrected chi connectivity index (χ3v) is 8.45. The highest BCUT2D eigenvalue weighted by Crippen LogP contribution is 2.27. The van der Waals surface area contributed by atoms with Gasteiger partial charge in [0, 0.05) is 17.6 Å². The van der Waals surface area contributed by atoms with Crippen molar-refractivity contribution >= 4 is 39.1 Å². The minimum absolute atomic E-state index is 0.0700. The summed E-state index contributed by atoms with van der Waals surface area (Å²) in [6, 6.07) is 21.1. The molecule has 2 atom stereocenters. The first-order valence-corrected chi connectivity index (χ1v) is 14.3. The smallest absolute Gasteiger partial charge is 0.264 e. The van der Waals surface area contributed by atoms with Gasteiger partial charge in [0.15, 0.2) is 0 Å². The van der Waals surface area contributed by atoms with Crippen LogP contribution in [0.25, 0.3) is 0 Å². The lowest BCUT2D eigenvalue weighted by Crippen LogP contribution is -2.52. The second-order valence-electron chi connectivity index (χ2n) is 9.25. The first kappa shape index (κ1) is 29.2. The van der Waals surface area contributed by atoms with Gasteiger partial charge in [0.05, 0.1) is 10.6 Å². The number of rotatable bonds is 11. The zero-order valence-electron chi connectivity index (χ0n) is 22.1. The zero-order chi connectivity index (χ0) is 27.9. The van der Waals surface area contributed by atoms with Crippen molar-refractivity contribution in [1.29, 1.82) is 0 Å². The average molecular weight is 556 g/mol. The molecule has 3 aromatic rings. The van der Waals surface area contributed by atoms with E-state index in [9.17, 15) is 18.0 Å². The maximum Gasteiger partial charge on any atom is 0.264 e. The van der Waals surface area contributed by atoms with Crippen LogP contribution in [0.3, 0.4) is 0 Å². The van der Waals surface area contributed by atoms with Crippen molar-refractivity contribution in [2.24, 2.45) is 0 Å². The third kappa shape index (κ3) is 7.14. The van der Waals surface area contributed by atoms with Gasteiger partial charge in [-0.3, -0.25) is 13.9 Å². The van der Waals surface area contributed by atoms with Gasteiger partial charge in [-0.25, -0.2) is 8.42 Å². The predicted octanol–water partition coefficient (Wildman–Crippen LogP) is 5.18. The van der Waals surface area contributed by atoms with Crippen molar-refractivity contribution in [3.63, 3.8) is 0 Å². The summed E-state index contributed by atoms with van der Waals surface area (Å²) < 4.78 is 28.7. The van der Waals surface area contributed by atoms with Crippen molar-refractivity contribution in [2.75, 3.05) is 10.8 Å². The Balaban J connectivity index is 2.02. The van der Waals surface area contributed by atoms with Crippen LogP contribution in [-0.2, 0) is 26.2 Å². The van der Waals surface area contributed by atoms with Crippen LogP contribution in [0.5, 0.6) is 0 Å². The van der Waals surface area contributed by atoms with E-state index in [4.69, 9.17) is 11.6 Å². The minimum Gasteiger partial charge on any atom is -0.352 e. The molecule has 0 aliphatic rings. The molecule has 0 aromatic heterocycles. The molecule has 0 aliphatic carbocycles. The molecule has 2 amide bonds. The monoisotopic (exact) mass is 555 g/mol. The van der Waals surface area contributed by atoms with Gasteiger partial charge in [-0.05, 0) is 68.7 Å². The van der Waals surface area contributed by atoms with E-state index in [-0.39, 0.29) is 23.4 Å². The van der Waals surface area contributed by atoms with Crippen LogP contribution in [0, 0.1) is 6.92 Å². The Morgan fingerprint density at radius 2 is 1.53 bits per heavy atom. The predicted molar refractivity (Wildman–Crippen MR) is 152 cm³/mol. The van der Waals surface area contributed by atoms with Crippen LogP contribution in [0.4, 0.5) is 5.69 Å². The molecule has 0 heterocycles. The van der Waals surface area contributed by atoms with E-state index >= 15 is 0 Å². The number of halogens is 1. The number of carbonyl (C=O) groups is 2. The summed E-state index contributed by atoms with van der Waals surface area (Å²) in [5.41, 5.74) is 1.86. The summed E-state index contributed by atoms with van der Waals surface area (Å²) in [7, 11) is -4.08. The molecule has 0 saturated carbocycles. The van der Waals surface area contributed by atoms with Crippen LogP contribution in [0.1, 0.15) is 38.3 Å². The number of anilines is 1. The average Bonchev–Trinajstić information content (AvgIpc) is 2.91. The Morgan fingerprint density at radius 3 is 2.13 bits per heavy atom. The third-order valence-electron chi connectivity index (χ3n) is 6.43. The van der Waals surface area contributed by atoms with Crippen molar-refractivity contribution in [1.82, 2.24) is 10.2 Å². The Morgan fingerprint density at radius 1 is 0.921 bits per heavy atom. The summed E-state index contributed by atoms with van der Waals surface area (Å²) in [4.78, 5) is 28.5. The molecule has 7 nitrogen and oxygen atoms in total. The van der Waals surface area contributed by atoms with E-state index in [1.165, 1.54) is 17.0 Å². The molecular weight excluding hydrogens is 522 g/mol. The molecular formula is C29H34ClN3O4S. The normalized spacial score (nSPS) is 12.9. The quantitative estimate of drug-likeness (QED) is 0.353. The zero-order valence-corrected chi connectivity index (χ0v) is 23.7. The van der Waals surface area contributed by atoms with Crippen LogP contribution >= 0.6 is 11.6 Å². The Bertz CT molecular complexity index is 1350. The molecule has 9 heteroatoms. The number of nitrogens with one attached hydrogen (secondary N) is 1. The largest absolute Gasteiger partial charge is 0.352 e. The number of hydrogen-bond donors (Lipinski definition) is 1. The number of sulfonamides is 1. The Hall–Kier alpha value is -3.36. The molecule has 1 N–H and O–H groups in total. The summed E-state index contributed by atoms with van der Waals surface area (Å²) >= 11 is 6.04. The lowest BCUT2D eigenvalue weighted by molar-refractivity contribution is -0.139. The molecule has 0 unspecified atom stereocenters. The number of nitrogens with zero attached hydrogens (tertiary/aromatic N) is 2. The lowest BCUT2D eigenvalue weighted by Gasteiger charge is -2.33. The number of amides is 2.